The Balaban J connectivity index is 1.44. The summed E-state index contributed by atoms with van der Waals surface area (Å²) in [5, 5.41) is 12.8. The average molecular weight is 397 g/mol. The fourth-order valence-corrected chi connectivity index (χ4v) is 3.59. The molecule has 0 aromatic heterocycles. The maximum Gasteiger partial charge on any atom is 0.492 e. The van der Waals surface area contributed by atoms with Crippen molar-refractivity contribution in [1.82, 2.24) is 5.32 Å². The highest BCUT2D eigenvalue weighted by Crippen LogP contribution is 2.33. The van der Waals surface area contributed by atoms with Crippen molar-refractivity contribution in [1.29, 1.82) is 0 Å². The van der Waals surface area contributed by atoms with E-state index in [1.54, 1.807) is 31.2 Å². The molecule has 4 rings (SSSR count). The van der Waals surface area contributed by atoms with E-state index < -0.39 is 19.1 Å². The van der Waals surface area contributed by atoms with Crippen molar-refractivity contribution in [3.8, 4) is 0 Å². The van der Waals surface area contributed by atoms with Gasteiger partial charge in [0.15, 0.2) is 0 Å². The summed E-state index contributed by atoms with van der Waals surface area (Å²) in [6, 6.07) is 8.40. The van der Waals surface area contributed by atoms with Crippen LogP contribution in [0.3, 0.4) is 0 Å². The van der Waals surface area contributed by atoms with Gasteiger partial charge >= 0.3 is 13.1 Å². The summed E-state index contributed by atoms with van der Waals surface area (Å²) in [6.45, 7) is 2.07. The summed E-state index contributed by atoms with van der Waals surface area (Å²) in [7, 11) is -1.04. The van der Waals surface area contributed by atoms with Crippen LogP contribution in [-0.4, -0.2) is 30.1 Å². The second-order valence-corrected chi connectivity index (χ2v) is 7.50. The summed E-state index contributed by atoms with van der Waals surface area (Å²) >= 11 is 0. The summed E-state index contributed by atoms with van der Waals surface area (Å²) < 4.78 is 23.6. The normalized spacial score (nSPS) is 16.3. The van der Waals surface area contributed by atoms with Gasteiger partial charge in [-0.25, -0.2) is 9.18 Å². The minimum absolute atomic E-state index is 0.0135. The number of esters is 1. The van der Waals surface area contributed by atoms with Gasteiger partial charge in [-0.15, -0.1) is 0 Å². The second-order valence-electron chi connectivity index (χ2n) is 7.50. The lowest BCUT2D eigenvalue weighted by atomic mass is 9.75. The van der Waals surface area contributed by atoms with Crippen LogP contribution >= 0.6 is 0 Å². The van der Waals surface area contributed by atoms with Gasteiger partial charge in [-0.1, -0.05) is 18.2 Å². The molecule has 2 aromatic rings. The first-order valence-corrected chi connectivity index (χ1v) is 9.58. The minimum Gasteiger partial charge on any atom is -0.459 e. The molecule has 0 saturated heterocycles. The number of nitrogens with one attached hydrogen (secondary N) is 1. The maximum atomic E-state index is 13.0. The number of benzene rings is 2. The van der Waals surface area contributed by atoms with Crippen molar-refractivity contribution in [2.24, 2.45) is 5.92 Å². The summed E-state index contributed by atoms with van der Waals surface area (Å²) in [5.74, 6) is -1.21. The van der Waals surface area contributed by atoms with Gasteiger partial charge in [-0.2, -0.15) is 0 Å². The van der Waals surface area contributed by atoms with Crippen molar-refractivity contribution in [2.75, 3.05) is 0 Å². The highest BCUT2D eigenvalue weighted by molar-refractivity contribution is 6.62. The molecule has 1 amide bonds. The minimum atomic E-state index is -1.04. The van der Waals surface area contributed by atoms with Crippen LogP contribution < -0.4 is 10.8 Å². The first kappa shape index (κ1) is 19.6. The Labute approximate surface area is 168 Å². The first-order chi connectivity index (χ1) is 13.9. The largest absolute Gasteiger partial charge is 0.492 e. The van der Waals surface area contributed by atoms with E-state index >= 15 is 0 Å². The van der Waals surface area contributed by atoms with E-state index in [4.69, 9.17) is 9.39 Å². The zero-order valence-corrected chi connectivity index (χ0v) is 16.0. The zero-order chi connectivity index (χ0) is 20.5. The Morgan fingerprint density at radius 2 is 2.00 bits per heavy atom. The molecule has 1 aliphatic carbocycles. The molecule has 8 heteroatoms. The Bertz CT molecular complexity index is 945. The highest BCUT2D eigenvalue weighted by atomic mass is 19.1. The molecule has 1 fully saturated rings. The predicted octanol–water partition coefficient (Wildman–Crippen LogP) is 1.60. The number of amides is 1. The number of ether oxygens (including phenoxy) is 1. The Morgan fingerprint density at radius 1 is 1.28 bits per heavy atom. The van der Waals surface area contributed by atoms with E-state index in [-0.39, 0.29) is 24.2 Å². The van der Waals surface area contributed by atoms with Crippen LogP contribution in [0.4, 0.5) is 4.39 Å². The molecule has 1 heterocycles. The molecule has 2 N–H and O–H groups in total. The van der Waals surface area contributed by atoms with E-state index in [1.807, 2.05) is 0 Å². The smallest absolute Gasteiger partial charge is 0.459 e. The van der Waals surface area contributed by atoms with Gasteiger partial charge in [-0.3, -0.25) is 4.79 Å². The van der Waals surface area contributed by atoms with Gasteiger partial charge in [-0.05, 0) is 66.0 Å². The predicted molar refractivity (Wildman–Crippen MR) is 104 cm³/mol. The van der Waals surface area contributed by atoms with Crippen LogP contribution in [0.5, 0.6) is 0 Å². The standard InChI is InChI=1S/C21H21BFNO5/c1-12-17(9-6-15-11-29-22(27)18(12)15)20(25)24-19(14-4-5-14)21(26)28-10-13-2-7-16(23)8-3-13/h2-3,6-9,14,19,27H,4-5,10-11H2,1H3,(H,24,25)/t19-/m0/s1. The molecule has 2 aromatic carbocycles. The van der Waals surface area contributed by atoms with Crippen molar-refractivity contribution in [3.63, 3.8) is 0 Å². The Kier molecular flexibility index (Phi) is 5.38. The van der Waals surface area contributed by atoms with Gasteiger partial charge in [0, 0.05) is 5.56 Å². The summed E-state index contributed by atoms with van der Waals surface area (Å²) in [5.41, 5.74) is 3.16. The monoisotopic (exact) mass is 397 g/mol. The lowest BCUT2D eigenvalue weighted by Crippen LogP contribution is -2.44. The maximum absolute atomic E-state index is 13.0. The van der Waals surface area contributed by atoms with Crippen LogP contribution in [0, 0.1) is 18.7 Å². The number of hydrogen-bond acceptors (Lipinski definition) is 5. The summed E-state index contributed by atoms with van der Waals surface area (Å²) in [6.07, 6.45) is 1.68. The second kappa shape index (κ2) is 7.97. The topological polar surface area (TPSA) is 84.9 Å². The molecule has 0 unspecified atom stereocenters. The molecule has 6 nitrogen and oxygen atoms in total. The molecule has 0 spiro atoms. The fourth-order valence-electron chi connectivity index (χ4n) is 3.59. The third-order valence-electron chi connectivity index (χ3n) is 5.42. The Morgan fingerprint density at radius 3 is 2.69 bits per heavy atom. The number of carbonyl (C=O) groups excluding carboxylic acids is 2. The first-order valence-electron chi connectivity index (χ1n) is 9.58. The van der Waals surface area contributed by atoms with E-state index in [1.165, 1.54) is 12.1 Å². The van der Waals surface area contributed by atoms with Gasteiger partial charge in [0.05, 0.1) is 6.61 Å². The fraction of sp³-hybridized carbons (Fsp3) is 0.333. The van der Waals surface area contributed by atoms with Gasteiger partial charge in [0.1, 0.15) is 18.5 Å². The third kappa shape index (κ3) is 4.18. The lowest BCUT2D eigenvalue weighted by Gasteiger charge is -2.18. The van der Waals surface area contributed by atoms with Crippen LogP contribution in [0.25, 0.3) is 0 Å². The van der Waals surface area contributed by atoms with Gasteiger partial charge in [0.25, 0.3) is 5.91 Å². The van der Waals surface area contributed by atoms with Gasteiger partial charge < -0.3 is 19.7 Å². The molecular weight excluding hydrogens is 376 g/mol. The molecule has 1 aliphatic heterocycles. The molecule has 0 bridgehead atoms. The molecule has 150 valence electrons. The highest BCUT2D eigenvalue weighted by Gasteiger charge is 2.39. The summed E-state index contributed by atoms with van der Waals surface area (Å²) in [4.78, 5) is 25.4. The lowest BCUT2D eigenvalue weighted by molar-refractivity contribution is -0.147. The Hall–Kier alpha value is -2.71. The van der Waals surface area contributed by atoms with Crippen LogP contribution in [-0.2, 0) is 27.4 Å². The molecule has 1 atom stereocenters. The molecule has 2 aliphatic rings. The zero-order valence-electron chi connectivity index (χ0n) is 16.0. The number of fused-ring (bicyclic) bond motifs is 1. The van der Waals surface area contributed by atoms with Crippen LogP contribution in [0.15, 0.2) is 36.4 Å². The number of halogens is 1. The molecule has 0 radical (unpaired) electrons. The van der Waals surface area contributed by atoms with Crippen molar-refractivity contribution >= 4 is 24.5 Å². The SMILES string of the molecule is Cc1c(C(=O)N[C@H](C(=O)OCc2ccc(F)cc2)C2CC2)ccc2c1B(O)OC2. The van der Waals surface area contributed by atoms with E-state index in [9.17, 15) is 19.0 Å². The number of rotatable bonds is 6. The number of carbonyl (C=O) groups is 2. The van der Waals surface area contributed by atoms with Gasteiger partial charge in [0.2, 0.25) is 0 Å². The van der Waals surface area contributed by atoms with E-state index in [0.717, 1.165) is 18.4 Å². The third-order valence-corrected chi connectivity index (χ3v) is 5.42. The van der Waals surface area contributed by atoms with Crippen molar-refractivity contribution < 1.29 is 28.4 Å². The van der Waals surface area contributed by atoms with Crippen LogP contribution in [0.2, 0.25) is 0 Å². The molecular formula is C21H21BFNO5. The number of hydrogen-bond donors (Lipinski definition) is 2. The van der Waals surface area contributed by atoms with Crippen LogP contribution in [0.1, 0.15) is 39.9 Å². The average Bonchev–Trinajstić information content (AvgIpc) is 3.48. The van der Waals surface area contributed by atoms with Crippen molar-refractivity contribution in [3.05, 3.63) is 64.5 Å². The van der Waals surface area contributed by atoms with E-state index in [0.29, 0.717) is 28.8 Å². The quantitative estimate of drug-likeness (QED) is 0.572. The van der Waals surface area contributed by atoms with Crippen molar-refractivity contribution in [2.45, 2.75) is 39.0 Å². The molecule has 29 heavy (non-hydrogen) atoms. The van der Waals surface area contributed by atoms with E-state index in [2.05, 4.69) is 5.32 Å². The molecule has 1 saturated carbocycles.